The molecule has 1 amide bonds. The van der Waals surface area contributed by atoms with E-state index >= 15 is 0 Å². The number of piperidine rings is 1. The first-order chi connectivity index (χ1) is 9.88. The van der Waals surface area contributed by atoms with E-state index in [1.54, 1.807) is 12.3 Å². The summed E-state index contributed by atoms with van der Waals surface area (Å²) in [6.45, 7) is 7.38. The highest BCUT2D eigenvalue weighted by Crippen LogP contribution is 2.29. The fourth-order valence-corrected chi connectivity index (χ4v) is 2.79. The first-order valence-electron chi connectivity index (χ1n) is 7.15. The van der Waals surface area contributed by atoms with E-state index in [-0.39, 0.29) is 29.8 Å². The number of fused-ring (bicyclic) bond motifs is 1. The zero-order chi connectivity index (χ0) is 15.2. The molecule has 1 aliphatic rings. The number of aromatic nitrogens is 2. The van der Waals surface area contributed by atoms with Gasteiger partial charge >= 0.3 is 0 Å². The Morgan fingerprint density at radius 3 is 2.91 bits per heavy atom. The molecule has 6 nitrogen and oxygen atoms in total. The molecule has 0 aromatic carbocycles. The van der Waals surface area contributed by atoms with Gasteiger partial charge in [0.1, 0.15) is 0 Å². The van der Waals surface area contributed by atoms with Crippen LogP contribution in [0.4, 0.5) is 0 Å². The van der Waals surface area contributed by atoms with Crippen LogP contribution in [0, 0.1) is 12.3 Å². The van der Waals surface area contributed by atoms with Gasteiger partial charge in [0.2, 0.25) is 0 Å². The third kappa shape index (κ3) is 2.80. The smallest absolute Gasteiger partial charge is 0.257 e. The van der Waals surface area contributed by atoms with E-state index < -0.39 is 0 Å². The Kier molecular flexibility index (Phi) is 4.44. The highest BCUT2D eigenvalue weighted by Gasteiger charge is 2.35. The Hall–Kier alpha value is -1.66. The van der Waals surface area contributed by atoms with Crippen molar-refractivity contribution in [2.24, 2.45) is 11.1 Å². The maximum Gasteiger partial charge on any atom is 0.257 e. The number of nitrogens with two attached hydrogens (primary N) is 1. The molecule has 1 fully saturated rings. The quantitative estimate of drug-likeness (QED) is 0.868. The van der Waals surface area contributed by atoms with Gasteiger partial charge in [-0.1, -0.05) is 19.0 Å². The predicted octanol–water partition coefficient (Wildman–Crippen LogP) is 2.15. The normalized spacial score (nSPS) is 20.7. The number of amides is 1. The molecule has 1 aliphatic heterocycles. The molecule has 2 aromatic rings. The molecule has 0 radical (unpaired) electrons. The zero-order valence-corrected chi connectivity index (χ0v) is 13.8. The van der Waals surface area contributed by atoms with Crippen molar-refractivity contribution >= 4 is 29.4 Å². The molecule has 120 valence electrons. The molecular formula is C15H21ClN4O2. The number of carbonyl (C=O) groups is 1. The highest BCUT2D eigenvalue weighted by atomic mass is 35.5. The molecule has 2 N–H and O–H groups in total. The summed E-state index contributed by atoms with van der Waals surface area (Å²) >= 11 is 0. The average molecular weight is 325 g/mol. The van der Waals surface area contributed by atoms with Crippen molar-refractivity contribution in [3.63, 3.8) is 0 Å². The first kappa shape index (κ1) is 16.7. The molecular weight excluding hydrogens is 304 g/mol. The molecule has 1 saturated heterocycles. The van der Waals surface area contributed by atoms with Crippen LogP contribution in [0.2, 0.25) is 0 Å². The van der Waals surface area contributed by atoms with Crippen LogP contribution in [0.15, 0.2) is 16.8 Å². The molecule has 0 aliphatic carbocycles. The largest absolute Gasteiger partial charge is 0.338 e. The van der Waals surface area contributed by atoms with E-state index in [1.165, 1.54) is 0 Å². The Bertz CT molecular complexity index is 698. The summed E-state index contributed by atoms with van der Waals surface area (Å²) in [7, 11) is 0. The van der Waals surface area contributed by atoms with E-state index in [4.69, 9.17) is 10.3 Å². The molecule has 7 heteroatoms. The molecule has 1 atom stereocenters. The van der Waals surface area contributed by atoms with Crippen molar-refractivity contribution < 1.29 is 9.32 Å². The molecule has 22 heavy (non-hydrogen) atoms. The third-order valence-electron chi connectivity index (χ3n) is 4.36. The number of carbonyl (C=O) groups excluding carboxylic acids is 1. The summed E-state index contributed by atoms with van der Waals surface area (Å²) in [5, 5.41) is 4.65. The Labute approximate surface area is 135 Å². The lowest BCUT2D eigenvalue weighted by Crippen LogP contribution is -2.54. The Morgan fingerprint density at radius 1 is 1.50 bits per heavy atom. The van der Waals surface area contributed by atoms with Gasteiger partial charge in [0.05, 0.1) is 16.6 Å². The standard InChI is InChI=1S/C15H20N4O2.ClH/c1-9-11-6-10(7-17-13(11)21-18-9)14(20)19-5-4-12(16)15(2,3)8-19;/h6-7,12H,4-5,8,16H2,1-3H3;1H. The van der Waals surface area contributed by atoms with Crippen LogP contribution in [-0.4, -0.2) is 40.1 Å². The number of nitrogens with zero attached hydrogens (tertiary/aromatic N) is 3. The van der Waals surface area contributed by atoms with Crippen molar-refractivity contribution in [3.8, 4) is 0 Å². The van der Waals surface area contributed by atoms with Gasteiger partial charge < -0.3 is 15.2 Å². The predicted molar refractivity (Wildman–Crippen MR) is 86.1 cm³/mol. The summed E-state index contributed by atoms with van der Waals surface area (Å²) in [4.78, 5) is 18.7. The minimum absolute atomic E-state index is 0. The monoisotopic (exact) mass is 324 g/mol. The Morgan fingerprint density at radius 2 is 2.23 bits per heavy atom. The SMILES string of the molecule is Cc1noc2ncc(C(=O)N3CCC(N)C(C)(C)C3)cc12.Cl. The maximum absolute atomic E-state index is 12.7. The summed E-state index contributed by atoms with van der Waals surface area (Å²) in [5.41, 5.74) is 7.83. The number of aryl methyl sites for hydroxylation is 1. The first-order valence-corrected chi connectivity index (χ1v) is 7.15. The fourth-order valence-electron chi connectivity index (χ4n) is 2.79. The molecule has 0 bridgehead atoms. The number of hydrogen-bond donors (Lipinski definition) is 1. The number of hydrogen-bond acceptors (Lipinski definition) is 5. The summed E-state index contributed by atoms with van der Waals surface area (Å²) < 4.78 is 5.07. The van der Waals surface area contributed by atoms with Crippen LogP contribution in [0.1, 0.15) is 36.3 Å². The molecule has 0 saturated carbocycles. The van der Waals surface area contributed by atoms with Gasteiger partial charge in [-0.2, -0.15) is 0 Å². The van der Waals surface area contributed by atoms with Crippen LogP contribution in [0.3, 0.4) is 0 Å². The molecule has 3 heterocycles. The number of pyridine rings is 1. The van der Waals surface area contributed by atoms with Gasteiger partial charge in [-0.3, -0.25) is 4.79 Å². The van der Waals surface area contributed by atoms with E-state index in [2.05, 4.69) is 24.0 Å². The van der Waals surface area contributed by atoms with Crippen LogP contribution in [-0.2, 0) is 0 Å². The van der Waals surface area contributed by atoms with Gasteiger partial charge in [0.15, 0.2) is 0 Å². The minimum Gasteiger partial charge on any atom is -0.338 e. The average Bonchev–Trinajstić information content (AvgIpc) is 2.82. The summed E-state index contributed by atoms with van der Waals surface area (Å²) in [6, 6.07) is 1.93. The second-order valence-corrected chi connectivity index (χ2v) is 6.46. The van der Waals surface area contributed by atoms with E-state index in [0.29, 0.717) is 24.4 Å². The van der Waals surface area contributed by atoms with Crippen molar-refractivity contribution in [3.05, 3.63) is 23.5 Å². The van der Waals surface area contributed by atoms with E-state index in [9.17, 15) is 4.79 Å². The number of halogens is 1. The van der Waals surface area contributed by atoms with Crippen LogP contribution >= 0.6 is 12.4 Å². The maximum atomic E-state index is 12.7. The lowest BCUT2D eigenvalue weighted by Gasteiger charge is -2.42. The lowest BCUT2D eigenvalue weighted by molar-refractivity contribution is 0.0533. The topological polar surface area (TPSA) is 85.2 Å². The van der Waals surface area contributed by atoms with E-state index in [0.717, 1.165) is 17.5 Å². The summed E-state index contributed by atoms with van der Waals surface area (Å²) in [6.07, 6.45) is 2.37. The van der Waals surface area contributed by atoms with Crippen LogP contribution in [0.5, 0.6) is 0 Å². The van der Waals surface area contributed by atoms with Crippen molar-refractivity contribution in [2.45, 2.75) is 33.2 Å². The Balaban J connectivity index is 0.00000176. The molecule has 1 unspecified atom stereocenters. The van der Waals surface area contributed by atoms with Crippen molar-refractivity contribution in [2.75, 3.05) is 13.1 Å². The van der Waals surface area contributed by atoms with Crippen molar-refractivity contribution in [1.29, 1.82) is 0 Å². The van der Waals surface area contributed by atoms with Gasteiger partial charge in [0, 0.05) is 25.3 Å². The number of likely N-dealkylation sites (tertiary alicyclic amines) is 1. The minimum atomic E-state index is -0.0709. The highest BCUT2D eigenvalue weighted by molar-refractivity contribution is 5.97. The summed E-state index contributed by atoms with van der Waals surface area (Å²) in [5.74, 6) is -0.00928. The molecule has 2 aromatic heterocycles. The molecule has 3 rings (SSSR count). The fraction of sp³-hybridized carbons (Fsp3) is 0.533. The second kappa shape index (κ2) is 5.85. The van der Waals surface area contributed by atoms with Crippen LogP contribution < -0.4 is 5.73 Å². The third-order valence-corrected chi connectivity index (χ3v) is 4.36. The zero-order valence-electron chi connectivity index (χ0n) is 13.0. The number of rotatable bonds is 1. The lowest BCUT2D eigenvalue weighted by atomic mass is 9.79. The second-order valence-electron chi connectivity index (χ2n) is 6.46. The van der Waals surface area contributed by atoms with Gasteiger partial charge in [-0.25, -0.2) is 4.98 Å². The van der Waals surface area contributed by atoms with Crippen LogP contribution in [0.25, 0.3) is 11.1 Å². The van der Waals surface area contributed by atoms with Gasteiger partial charge in [-0.05, 0) is 24.8 Å². The van der Waals surface area contributed by atoms with Crippen molar-refractivity contribution in [1.82, 2.24) is 15.0 Å². The van der Waals surface area contributed by atoms with Gasteiger partial charge in [-0.15, -0.1) is 12.4 Å². The molecule has 0 spiro atoms. The van der Waals surface area contributed by atoms with Gasteiger partial charge in [0.25, 0.3) is 11.6 Å². The van der Waals surface area contributed by atoms with E-state index in [1.807, 2.05) is 11.8 Å².